The number of nitrogens with one attached hydrogen (secondary N) is 2. The van der Waals surface area contributed by atoms with E-state index < -0.39 is 69.5 Å². The van der Waals surface area contributed by atoms with Crippen molar-refractivity contribution in [2.45, 2.75) is 84.6 Å². The number of Topliss-reactive ketones (excluding diaryl/α,β-unsaturated/α-hetero) is 2. The fourth-order valence-corrected chi connectivity index (χ4v) is 8.52. The molecule has 0 heterocycles. The van der Waals surface area contributed by atoms with Gasteiger partial charge in [0.05, 0.1) is 37.4 Å². The lowest BCUT2D eigenvalue weighted by molar-refractivity contribution is -0.148. The van der Waals surface area contributed by atoms with Crippen LogP contribution in [0.25, 0.3) is 0 Å². The van der Waals surface area contributed by atoms with E-state index in [9.17, 15) is 32.4 Å². The number of hydroxylamine groups is 1. The number of benzene rings is 2. The van der Waals surface area contributed by atoms with E-state index in [4.69, 9.17) is 9.57 Å². The van der Waals surface area contributed by atoms with Gasteiger partial charge < -0.3 is 10.1 Å². The zero-order valence-electron chi connectivity index (χ0n) is 28.8. The monoisotopic (exact) mass is 697 g/mol. The standard InChI is InChI=1S/C36H47N3O9S/c1-24(2)28(19-32(42)38-48-23-26-14-10-7-11-15-26)34(44)37-29(20-33(43)47-22-25-12-8-6-9-13-25)30(40)21-39(49(5,45)46)36-17-16-27(18-31(36)41)35(36,3)4/h6-15,24,27-29H,16-23H2,1-5H3,(H,37,44)(H,38,42). The predicted molar refractivity (Wildman–Crippen MR) is 181 cm³/mol. The van der Waals surface area contributed by atoms with Crippen molar-refractivity contribution in [1.29, 1.82) is 0 Å². The highest BCUT2D eigenvalue weighted by atomic mass is 32.2. The molecule has 0 aliphatic heterocycles. The van der Waals surface area contributed by atoms with Crippen molar-refractivity contribution >= 4 is 39.4 Å². The van der Waals surface area contributed by atoms with Gasteiger partial charge in [0.15, 0.2) is 11.6 Å². The number of sulfonamides is 1. The number of carbonyl (C=O) groups excluding carboxylic acids is 5. The van der Waals surface area contributed by atoms with Gasteiger partial charge >= 0.3 is 5.97 Å². The van der Waals surface area contributed by atoms with Crippen LogP contribution >= 0.6 is 0 Å². The summed E-state index contributed by atoms with van der Waals surface area (Å²) in [5, 5.41) is 2.62. The molecule has 12 nitrogen and oxygen atoms in total. The molecule has 0 saturated heterocycles. The fraction of sp³-hybridized carbons (Fsp3) is 0.528. The van der Waals surface area contributed by atoms with Gasteiger partial charge in [-0.1, -0.05) is 88.4 Å². The topological polar surface area (TPSA) is 165 Å². The van der Waals surface area contributed by atoms with Gasteiger partial charge in [-0.15, -0.1) is 0 Å². The quantitative estimate of drug-likeness (QED) is 0.186. The number of ether oxygens (including phenoxy) is 1. The summed E-state index contributed by atoms with van der Waals surface area (Å²) in [6.45, 7) is 6.49. The first-order valence-corrected chi connectivity index (χ1v) is 18.4. The molecule has 2 bridgehead atoms. The molecule has 2 aliphatic rings. The van der Waals surface area contributed by atoms with E-state index in [0.717, 1.165) is 16.1 Å². The van der Waals surface area contributed by atoms with Crippen LogP contribution in [0.15, 0.2) is 60.7 Å². The number of hydrogen-bond donors (Lipinski definition) is 2. The third-order valence-corrected chi connectivity index (χ3v) is 11.3. The molecule has 2 saturated carbocycles. The second-order valence-corrected chi connectivity index (χ2v) is 15.9. The molecule has 4 unspecified atom stereocenters. The zero-order chi connectivity index (χ0) is 36.0. The van der Waals surface area contributed by atoms with Crippen molar-refractivity contribution in [1.82, 2.24) is 15.1 Å². The van der Waals surface area contributed by atoms with Crippen molar-refractivity contribution in [2.24, 2.45) is 23.2 Å². The largest absolute Gasteiger partial charge is 0.461 e. The Morgan fingerprint density at radius 2 is 1.53 bits per heavy atom. The van der Waals surface area contributed by atoms with Crippen LogP contribution < -0.4 is 10.8 Å². The number of nitrogens with zero attached hydrogens (tertiary/aromatic N) is 1. The van der Waals surface area contributed by atoms with Crippen molar-refractivity contribution in [2.75, 3.05) is 12.8 Å². The number of rotatable bonds is 17. The van der Waals surface area contributed by atoms with Gasteiger partial charge in [-0.2, -0.15) is 4.31 Å². The Labute approximate surface area is 288 Å². The predicted octanol–water partition coefficient (Wildman–Crippen LogP) is 3.49. The van der Waals surface area contributed by atoms with E-state index in [1.54, 1.807) is 38.1 Å². The second-order valence-electron chi connectivity index (χ2n) is 13.9. The van der Waals surface area contributed by atoms with Gasteiger partial charge in [-0.05, 0) is 41.2 Å². The summed E-state index contributed by atoms with van der Waals surface area (Å²) in [6.07, 6.45) is 1.22. The number of ketones is 2. The lowest BCUT2D eigenvalue weighted by atomic mass is 9.75. The second kappa shape index (κ2) is 15.7. The Balaban J connectivity index is 1.52. The first kappa shape index (κ1) is 37.9. The Bertz CT molecular complexity index is 1630. The minimum absolute atomic E-state index is 0.0302. The summed E-state index contributed by atoms with van der Waals surface area (Å²) in [6, 6.07) is 16.6. The van der Waals surface area contributed by atoms with Crippen LogP contribution in [0.3, 0.4) is 0 Å². The molecule has 266 valence electrons. The number of carbonyl (C=O) groups is 5. The number of amides is 2. The number of esters is 1. The molecule has 2 N–H and O–H groups in total. The number of fused-ring (bicyclic) bond motifs is 2. The first-order chi connectivity index (χ1) is 23.1. The lowest BCUT2D eigenvalue weighted by Crippen LogP contribution is -2.62. The lowest BCUT2D eigenvalue weighted by Gasteiger charge is -2.44. The normalized spacial score (nSPS) is 21.0. The molecular formula is C36H47N3O9S. The Morgan fingerprint density at radius 1 is 0.939 bits per heavy atom. The molecule has 2 aromatic rings. The average Bonchev–Trinajstić information content (AvgIpc) is 3.41. The summed E-state index contributed by atoms with van der Waals surface area (Å²) < 4.78 is 32.9. The van der Waals surface area contributed by atoms with Crippen LogP contribution in [-0.2, 0) is 56.8 Å². The van der Waals surface area contributed by atoms with Crippen LogP contribution in [-0.4, -0.2) is 66.5 Å². The summed E-state index contributed by atoms with van der Waals surface area (Å²) in [4.78, 5) is 72.3. The SMILES string of the molecule is CC(C)C(CC(=O)NOCc1ccccc1)C(=O)NC(CC(=O)OCc1ccccc1)C(=O)CN(C12CCC(CC1=O)C2(C)C)S(C)(=O)=O. The van der Waals surface area contributed by atoms with Gasteiger partial charge in [0.2, 0.25) is 21.8 Å². The summed E-state index contributed by atoms with van der Waals surface area (Å²) in [5.74, 6) is -4.36. The molecule has 0 radical (unpaired) electrons. The minimum Gasteiger partial charge on any atom is -0.461 e. The van der Waals surface area contributed by atoms with Gasteiger partial charge in [-0.25, -0.2) is 13.9 Å². The van der Waals surface area contributed by atoms with E-state index in [2.05, 4.69) is 10.8 Å². The van der Waals surface area contributed by atoms with Crippen molar-refractivity contribution in [3.05, 3.63) is 71.8 Å². The zero-order valence-corrected chi connectivity index (χ0v) is 29.6. The molecule has 2 amide bonds. The third kappa shape index (κ3) is 8.81. The van der Waals surface area contributed by atoms with Crippen LogP contribution in [0.1, 0.15) is 70.9 Å². The van der Waals surface area contributed by atoms with E-state index in [1.165, 1.54) is 0 Å². The molecule has 49 heavy (non-hydrogen) atoms. The van der Waals surface area contributed by atoms with Crippen LogP contribution in [0, 0.1) is 23.2 Å². The van der Waals surface area contributed by atoms with E-state index >= 15 is 0 Å². The van der Waals surface area contributed by atoms with E-state index in [0.29, 0.717) is 12.0 Å². The highest BCUT2D eigenvalue weighted by Gasteiger charge is 2.68. The maximum Gasteiger partial charge on any atom is 0.308 e. The Kier molecular flexibility index (Phi) is 12.2. The molecule has 2 aliphatic carbocycles. The minimum atomic E-state index is -4.11. The summed E-state index contributed by atoms with van der Waals surface area (Å²) in [5.41, 5.74) is 1.75. The highest BCUT2D eigenvalue weighted by Crippen LogP contribution is 2.61. The molecule has 4 atom stereocenters. The van der Waals surface area contributed by atoms with E-state index in [-0.39, 0.29) is 50.1 Å². The smallest absolute Gasteiger partial charge is 0.308 e. The van der Waals surface area contributed by atoms with Crippen LogP contribution in [0.2, 0.25) is 0 Å². The molecule has 0 aromatic heterocycles. The maximum atomic E-state index is 14.0. The molecule has 13 heteroatoms. The van der Waals surface area contributed by atoms with Crippen LogP contribution in [0.5, 0.6) is 0 Å². The maximum absolute atomic E-state index is 14.0. The van der Waals surface area contributed by atoms with E-state index in [1.807, 2.05) is 50.2 Å². The molecule has 2 fully saturated rings. The average molecular weight is 698 g/mol. The van der Waals surface area contributed by atoms with Crippen molar-refractivity contribution < 1.29 is 42.0 Å². The van der Waals surface area contributed by atoms with Gasteiger partial charge in [0, 0.05) is 18.8 Å². The Morgan fingerprint density at radius 3 is 2.04 bits per heavy atom. The van der Waals surface area contributed by atoms with Crippen LogP contribution in [0.4, 0.5) is 0 Å². The Hall–Kier alpha value is -3.94. The third-order valence-electron chi connectivity index (χ3n) is 10.1. The summed E-state index contributed by atoms with van der Waals surface area (Å²) >= 11 is 0. The molecule has 2 aromatic carbocycles. The number of hydrogen-bond acceptors (Lipinski definition) is 9. The van der Waals surface area contributed by atoms with Gasteiger partial charge in [0.25, 0.3) is 0 Å². The molecule has 0 spiro atoms. The summed E-state index contributed by atoms with van der Waals surface area (Å²) in [7, 11) is -4.11. The van der Waals surface area contributed by atoms with Crippen molar-refractivity contribution in [3.63, 3.8) is 0 Å². The molecule has 4 rings (SSSR count). The van der Waals surface area contributed by atoms with Gasteiger partial charge in [-0.3, -0.25) is 28.8 Å². The van der Waals surface area contributed by atoms with Gasteiger partial charge in [0.1, 0.15) is 6.61 Å². The highest BCUT2D eigenvalue weighted by molar-refractivity contribution is 7.88. The molecular weight excluding hydrogens is 650 g/mol. The van der Waals surface area contributed by atoms with Crippen molar-refractivity contribution in [3.8, 4) is 0 Å². The fourth-order valence-electron chi connectivity index (χ4n) is 7.16. The first-order valence-electron chi connectivity index (χ1n) is 16.5.